The predicted octanol–water partition coefficient (Wildman–Crippen LogP) is 3.89. The van der Waals surface area contributed by atoms with Crippen molar-refractivity contribution < 1.29 is 4.79 Å². The quantitative estimate of drug-likeness (QED) is 0.861. The van der Waals surface area contributed by atoms with E-state index < -0.39 is 0 Å². The largest absolute Gasteiger partial charge is 0.339 e. The van der Waals surface area contributed by atoms with E-state index >= 15 is 0 Å². The molecule has 4 nitrogen and oxygen atoms in total. The van der Waals surface area contributed by atoms with Gasteiger partial charge in [0.25, 0.3) is 5.91 Å². The number of carbonyl (C=O) groups excluding carboxylic acids is 1. The molecule has 2 heterocycles. The molecule has 22 heavy (non-hydrogen) atoms. The summed E-state index contributed by atoms with van der Waals surface area (Å²) in [6, 6.07) is 7.52. The molecule has 0 spiro atoms. The van der Waals surface area contributed by atoms with Gasteiger partial charge in [-0.3, -0.25) is 4.79 Å². The molecule has 116 valence electrons. The molecule has 5 heteroatoms. The lowest BCUT2D eigenvalue weighted by Crippen LogP contribution is -2.28. The topological polar surface area (TPSA) is 38.1 Å². The van der Waals surface area contributed by atoms with E-state index in [1.165, 1.54) is 0 Å². The van der Waals surface area contributed by atoms with Crippen LogP contribution in [0.5, 0.6) is 0 Å². The summed E-state index contributed by atoms with van der Waals surface area (Å²) >= 11 is 5.95. The number of amides is 1. The van der Waals surface area contributed by atoms with Gasteiger partial charge in [0.15, 0.2) is 0 Å². The molecule has 0 radical (unpaired) electrons. The Labute approximate surface area is 135 Å². The first-order valence-electron chi connectivity index (χ1n) is 7.71. The number of nitrogens with zero attached hydrogens (tertiary/aromatic N) is 3. The number of hydrogen-bond acceptors (Lipinski definition) is 2. The maximum absolute atomic E-state index is 12.7. The van der Waals surface area contributed by atoms with Crippen LogP contribution in [0.25, 0.3) is 5.69 Å². The molecule has 1 saturated heterocycles. The number of benzene rings is 1. The Hall–Kier alpha value is -1.81. The number of aromatic nitrogens is 2. The van der Waals surface area contributed by atoms with Crippen molar-refractivity contribution in [1.82, 2.24) is 14.7 Å². The van der Waals surface area contributed by atoms with Crippen LogP contribution >= 0.6 is 11.6 Å². The third-order valence-corrected chi connectivity index (χ3v) is 4.30. The van der Waals surface area contributed by atoms with Gasteiger partial charge in [0.2, 0.25) is 0 Å². The standard InChI is InChI=1S/C17H20ClN3O/c1-12(2)16-15(17(22)20-9-3-4-10-20)11-19-21(16)14-7-5-13(18)6-8-14/h5-8,11-12H,3-4,9-10H2,1-2H3. The third-order valence-electron chi connectivity index (χ3n) is 4.05. The van der Waals surface area contributed by atoms with Crippen LogP contribution in [0.1, 0.15) is 48.7 Å². The van der Waals surface area contributed by atoms with E-state index in [0.717, 1.165) is 37.3 Å². The minimum Gasteiger partial charge on any atom is -0.339 e. The predicted molar refractivity (Wildman–Crippen MR) is 87.8 cm³/mol. The van der Waals surface area contributed by atoms with Crippen LogP contribution in [0.4, 0.5) is 0 Å². The molecule has 0 aliphatic carbocycles. The Morgan fingerprint density at radius 2 is 1.82 bits per heavy atom. The van der Waals surface area contributed by atoms with E-state index in [0.29, 0.717) is 10.6 Å². The van der Waals surface area contributed by atoms with Crippen molar-refractivity contribution in [2.24, 2.45) is 0 Å². The summed E-state index contributed by atoms with van der Waals surface area (Å²) in [4.78, 5) is 14.6. The Morgan fingerprint density at radius 3 is 2.41 bits per heavy atom. The van der Waals surface area contributed by atoms with Crippen molar-refractivity contribution >= 4 is 17.5 Å². The van der Waals surface area contributed by atoms with Gasteiger partial charge >= 0.3 is 0 Å². The highest BCUT2D eigenvalue weighted by Gasteiger charge is 2.26. The normalized spacial score (nSPS) is 14.8. The SMILES string of the molecule is CC(C)c1c(C(=O)N2CCCC2)cnn1-c1ccc(Cl)cc1. The highest BCUT2D eigenvalue weighted by molar-refractivity contribution is 6.30. The van der Waals surface area contributed by atoms with E-state index in [1.807, 2.05) is 33.8 Å². The molecule has 1 aromatic heterocycles. The molecule has 1 aliphatic heterocycles. The molecule has 0 saturated carbocycles. The number of hydrogen-bond donors (Lipinski definition) is 0. The second kappa shape index (κ2) is 6.13. The van der Waals surface area contributed by atoms with E-state index in [9.17, 15) is 4.79 Å². The van der Waals surface area contributed by atoms with Gasteiger partial charge < -0.3 is 4.90 Å². The second-order valence-electron chi connectivity index (χ2n) is 5.99. The molecule has 1 fully saturated rings. The zero-order valence-corrected chi connectivity index (χ0v) is 13.7. The fourth-order valence-corrected chi connectivity index (χ4v) is 3.08. The highest BCUT2D eigenvalue weighted by atomic mass is 35.5. The lowest BCUT2D eigenvalue weighted by Gasteiger charge is -2.17. The lowest BCUT2D eigenvalue weighted by atomic mass is 10.0. The van der Waals surface area contributed by atoms with Gasteiger partial charge in [-0.05, 0) is 43.0 Å². The Balaban J connectivity index is 2.01. The maximum atomic E-state index is 12.7. The molecule has 1 aromatic carbocycles. The summed E-state index contributed by atoms with van der Waals surface area (Å²) in [5, 5.41) is 5.15. The molecule has 0 bridgehead atoms. The van der Waals surface area contributed by atoms with Crippen molar-refractivity contribution in [3.05, 3.63) is 46.7 Å². The first-order chi connectivity index (χ1) is 10.6. The maximum Gasteiger partial charge on any atom is 0.257 e. The van der Waals surface area contributed by atoms with Crippen molar-refractivity contribution in [3.63, 3.8) is 0 Å². The van der Waals surface area contributed by atoms with Gasteiger partial charge in [-0.25, -0.2) is 4.68 Å². The number of carbonyl (C=O) groups is 1. The molecule has 0 N–H and O–H groups in total. The van der Waals surface area contributed by atoms with E-state index in [2.05, 4.69) is 18.9 Å². The fourth-order valence-electron chi connectivity index (χ4n) is 2.96. The average Bonchev–Trinajstić information content (AvgIpc) is 3.17. The number of rotatable bonds is 3. The van der Waals surface area contributed by atoms with Crippen LogP contribution in [0.15, 0.2) is 30.5 Å². The van der Waals surface area contributed by atoms with Gasteiger partial charge in [0.05, 0.1) is 23.1 Å². The molecule has 3 rings (SSSR count). The lowest BCUT2D eigenvalue weighted by molar-refractivity contribution is 0.0791. The van der Waals surface area contributed by atoms with Gasteiger partial charge in [0, 0.05) is 18.1 Å². The Kier molecular flexibility index (Phi) is 4.21. The summed E-state index contributed by atoms with van der Waals surface area (Å²) in [6.45, 7) is 5.87. The highest BCUT2D eigenvalue weighted by Crippen LogP contribution is 2.26. The van der Waals surface area contributed by atoms with Gasteiger partial charge in [-0.2, -0.15) is 5.10 Å². The zero-order valence-electron chi connectivity index (χ0n) is 12.9. The monoisotopic (exact) mass is 317 g/mol. The van der Waals surface area contributed by atoms with Gasteiger partial charge in [0.1, 0.15) is 0 Å². The number of halogens is 1. The molecule has 0 atom stereocenters. The molecule has 0 unspecified atom stereocenters. The molecule has 1 amide bonds. The summed E-state index contributed by atoms with van der Waals surface area (Å²) in [5.74, 6) is 0.307. The van der Waals surface area contributed by atoms with Crippen LogP contribution in [-0.2, 0) is 0 Å². The van der Waals surface area contributed by atoms with Crippen LogP contribution < -0.4 is 0 Å². The molecule has 1 aliphatic rings. The molecule has 2 aromatic rings. The molecular formula is C17H20ClN3O. The fraction of sp³-hybridized carbons (Fsp3) is 0.412. The first kappa shape index (κ1) is 15.1. The van der Waals surface area contributed by atoms with E-state index in [-0.39, 0.29) is 11.8 Å². The molecular weight excluding hydrogens is 298 g/mol. The smallest absolute Gasteiger partial charge is 0.257 e. The van der Waals surface area contributed by atoms with Crippen molar-refractivity contribution in [2.75, 3.05) is 13.1 Å². The van der Waals surface area contributed by atoms with Crippen LogP contribution in [0, 0.1) is 0 Å². The summed E-state index contributed by atoms with van der Waals surface area (Å²) in [5.41, 5.74) is 2.60. The summed E-state index contributed by atoms with van der Waals surface area (Å²) in [6.07, 6.45) is 3.88. The first-order valence-corrected chi connectivity index (χ1v) is 8.09. The Bertz CT molecular complexity index is 670. The van der Waals surface area contributed by atoms with E-state index in [1.54, 1.807) is 6.20 Å². The number of likely N-dealkylation sites (tertiary alicyclic amines) is 1. The van der Waals surface area contributed by atoms with Crippen molar-refractivity contribution in [2.45, 2.75) is 32.6 Å². The minimum absolute atomic E-state index is 0.0985. The average molecular weight is 318 g/mol. The van der Waals surface area contributed by atoms with E-state index in [4.69, 9.17) is 11.6 Å². The third kappa shape index (κ3) is 2.75. The van der Waals surface area contributed by atoms with Crippen LogP contribution in [0.2, 0.25) is 5.02 Å². The van der Waals surface area contributed by atoms with Gasteiger partial charge in [-0.15, -0.1) is 0 Å². The van der Waals surface area contributed by atoms with Crippen molar-refractivity contribution in [3.8, 4) is 5.69 Å². The Morgan fingerprint density at radius 1 is 1.18 bits per heavy atom. The van der Waals surface area contributed by atoms with Crippen LogP contribution in [0.3, 0.4) is 0 Å². The second-order valence-corrected chi connectivity index (χ2v) is 6.42. The zero-order chi connectivity index (χ0) is 15.7. The van der Waals surface area contributed by atoms with Crippen LogP contribution in [-0.4, -0.2) is 33.7 Å². The summed E-state index contributed by atoms with van der Waals surface area (Å²) in [7, 11) is 0. The van der Waals surface area contributed by atoms with Gasteiger partial charge in [-0.1, -0.05) is 25.4 Å². The van der Waals surface area contributed by atoms with Crippen molar-refractivity contribution in [1.29, 1.82) is 0 Å². The minimum atomic E-state index is 0.0985. The summed E-state index contributed by atoms with van der Waals surface area (Å²) < 4.78 is 1.85.